The molecule has 5 heteroatoms. The van der Waals surface area contributed by atoms with Crippen molar-refractivity contribution < 1.29 is 4.74 Å². The van der Waals surface area contributed by atoms with E-state index < -0.39 is 0 Å². The fraction of sp³-hybridized carbons (Fsp3) is 0.692. The Balaban J connectivity index is 2.24. The Hall–Kier alpha value is -0.870. The molecule has 1 fully saturated rings. The molecule has 0 aromatic carbocycles. The van der Waals surface area contributed by atoms with Gasteiger partial charge in [-0.2, -0.15) is 0 Å². The maximum Gasteiger partial charge on any atom is 0.137 e. The lowest BCUT2D eigenvalue weighted by Gasteiger charge is -2.38. The fourth-order valence-electron chi connectivity index (χ4n) is 2.59. The van der Waals surface area contributed by atoms with E-state index in [-0.39, 0.29) is 0 Å². The molecular weight excluding hydrogens is 250 g/mol. The van der Waals surface area contributed by atoms with Gasteiger partial charge in [-0.25, -0.2) is 9.97 Å². The van der Waals surface area contributed by atoms with Crippen LogP contribution < -0.4 is 4.90 Å². The van der Waals surface area contributed by atoms with Crippen LogP contribution >= 0.6 is 11.6 Å². The maximum absolute atomic E-state index is 6.15. The summed E-state index contributed by atoms with van der Waals surface area (Å²) < 4.78 is 5.44. The van der Waals surface area contributed by atoms with Crippen molar-refractivity contribution in [1.29, 1.82) is 0 Å². The second-order valence-corrected chi connectivity index (χ2v) is 5.10. The quantitative estimate of drug-likeness (QED) is 0.791. The lowest BCUT2D eigenvalue weighted by molar-refractivity contribution is 0.0719. The third-order valence-corrected chi connectivity index (χ3v) is 3.98. The molecule has 2 rings (SSSR count). The highest BCUT2D eigenvalue weighted by Gasteiger charge is 2.28. The number of ether oxygens (including phenoxy) is 1. The van der Waals surface area contributed by atoms with Crippen LogP contribution in [0.15, 0.2) is 6.33 Å². The highest BCUT2D eigenvalue weighted by atomic mass is 35.5. The van der Waals surface area contributed by atoms with Crippen LogP contribution in [0.4, 0.5) is 5.82 Å². The van der Waals surface area contributed by atoms with Gasteiger partial charge in [-0.3, -0.25) is 0 Å². The molecule has 0 radical (unpaired) electrons. The lowest BCUT2D eigenvalue weighted by atomic mass is 10.00. The molecule has 0 aliphatic carbocycles. The van der Waals surface area contributed by atoms with Crippen molar-refractivity contribution in [2.75, 3.05) is 18.6 Å². The zero-order chi connectivity index (χ0) is 13.1. The topological polar surface area (TPSA) is 38.2 Å². The summed E-state index contributed by atoms with van der Waals surface area (Å²) in [5, 5.41) is 0.573. The minimum Gasteiger partial charge on any atom is -0.381 e. The van der Waals surface area contributed by atoms with E-state index in [1.54, 1.807) is 13.4 Å². The fourth-order valence-corrected chi connectivity index (χ4v) is 2.85. The second kappa shape index (κ2) is 5.85. The zero-order valence-corrected chi connectivity index (χ0v) is 11.9. The Labute approximate surface area is 113 Å². The molecule has 1 aliphatic rings. The van der Waals surface area contributed by atoms with Crippen LogP contribution in [-0.2, 0) is 11.2 Å². The van der Waals surface area contributed by atoms with Gasteiger partial charge in [0.15, 0.2) is 0 Å². The van der Waals surface area contributed by atoms with Gasteiger partial charge in [-0.15, -0.1) is 0 Å². The first-order valence-electron chi connectivity index (χ1n) is 6.46. The van der Waals surface area contributed by atoms with Gasteiger partial charge in [-0.05, 0) is 26.2 Å². The van der Waals surface area contributed by atoms with E-state index in [1.165, 1.54) is 0 Å². The molecule has 2 unspecified atom stereocenters. The minimum absolute atomic E-state index is 0.360. The van der Waals surface area contributed by atoms with Crippen molar-refractivity contribution >= 4 is 17.4 Å². The van der Waals surface area contributed by atoms with Gasteiger partial charge < -0.3 is 9.64 Å². The molecule has 1 aromatic heterocycles. The van der Waals surface area contributed by atoms with E-state index in [0.717, 1.165) is 37.2 Å². The van der Waals surface area contributed by atoms with Crippen molar-refractivity contribution in [3.63, 3.8) is 0 Å². The first kappa shape index (κ1) is 13.6. The molecule has 0 saturated carbocycles. The largest absolute Gasteiger partial charge is 0.381 e. The van der Waals surface area contributed by atoms with Crippen molar-refractivity contribution in [2.45, 2.75) is 45.3 Å². The average Bonchev–Trinajstić information content (AvgIpc) is 2.38. The van der Waals surface area contributed by atoms with Crippen LogP contribution in [0.3, 0.4) is 0 Å². The molecule has 2 heterocycles. The summed E-state index contributed by atoms with van der Waals surface area (Å²) in [6.45, 7) is 5.25. The Morgan fingerprint density at radius 1 is 1.50 bits per heavy atom. The number of hydrogen-bond donors (Lipinski definition) is 0. The predicted octanol–water partition coefficient (Wildman–Crippen LogP) is 2.70. The average molecular weight is 270 g/mol. The lowest BCUT2D eigenvalue weighted by Crippen LogP contribution is -2.44. The van der Waals surface area contributed by atoms with E-state index in [2.05, 4.69) is 28.7 Å². The first-order valence-corrected chi connectivity index (χ1v) is 6.84. The molecule has 0 N–H and O–H groups in total. The van der Waals surface area contributed by atoms with Gasteiger partial charge in [0.1, 0.15) is 17.3 Å². The van der Waals surface area contributed by atoms with E-state index in [9.17, 15) is 0 Å². The highest BCUT2D eigenvalue weighted by Crippen LogP contribution is 2.29. The molecule has 100 valence electrons. The van der Waals surface area contributed by atoms with Crippen molar-refractivity contribution in [2.24, 2.45) is 0 Å². The van der Waals surface area contributed by atoms with Crippen LogP contribution in [-0.4, -0.2) is 35.8 Å². The number of halogens is 1. The molecule has 1 saturated heterocycles. The molecular formula is C13H20ClN3O. The third kappa shape index (κ3) is 2.59. The number of methoxy groups -OCH3 is 1. The molecule has 1 aromatic rings. The molecule has 0 spiro atoms. The smallest absolute Gasteiger partial charge is 0.137 e. The zero-order valence-electron chi connectivity index (χ0n) is 11.2. The molecule has 4 nitrogen and oxygen atoms in total. The van der Waals surface area contributed by atoms with Crippen molar-refractivity contribution in [1.82, 2.24) is 9.97 Å². The number of aromatic nitrogens is 2. The normalized spacial score (nSPS) is 24.3. The molecule has 0 bridgehead atoms. The third-order valence-electron chi connectivity index (χ3n) is 3.66. The van der Waals surface area contributed by atoms with Gasteiger partial charge in [0.05, 0.1) is 6.10 Å². The predicted molar refractivity (Wildman–Crippen MR) is 73.3 cm³/mol. The maximum atomic E-state index is 6.15. The van der Waals surface area contributed by atoms with Crippen LogP contribution in [0.1, 0.15) is 32.3 Å². The van der Waals surface area contributed by atoms with E-state index >= 15 is 0 Å². The summed E-state index contributed by atoms with van der Waals surface area (Å²) >= 11 is 6.15. The number of nitrogens with zero attached hydrogens (tertiary/aromatic N) is 3. The van der Waals surface area contributed by atoms with Crippen LogP contribution in [0.25, 0.3) is 0 Å². The summed E-state index contributed by atoms with van der Waals surface area (Å²) in [6, 6.07) is 0.417. The standard InChI is InChI=1S/C13H20ClN3O/c1-4-11-12(14)15-8-16-13(11)17-6-5-10(18-3)7-9(17)2/h8-10H,4-7H2,1-3H3. The van der Waals surface area contributed by atoms with Gasteiger partial charge in [0, 0.05) is 25.3 Å². The summed E-state index contributed by atoms with van der Waals surface area (Å²) in [5.41, 5.74) is 1.04. The second-order valence-electron chi connectivity index (χ2n) is 4.74. The van der Waals surface area contributed by atoms with Gasteiger partial charge in [-0.1, -0.05) is 18.5 Å². The van der Waals surface area contributed by atoms with Gasteiger partial charge >= 0.3 is 0 Å². The minimum atomic E-state index is 0.360. The van der Waals surface area contributed by atoms with Crippen LogP contribution in [0, 0.1) is 0 Å². The Bertz CT molecular complexity index is 413. The summed E-state index contributed by atoms with van der Waals surface area (Å²) in [7, 11) is 1.78. The first-order chi connectivity index (χ1) is 8.67. The van der Waals surface area contributed by atoms with Crippen molar-refractivity contribution in [3.8, 4) is 0 Å². The molecule has 0 amide bonds. The monoisotopic (exact) mass is 269 g/mol. The Morgan fingerprint density at radius 3 is 2.89 bits per heavy atom. The number of piperidine rings is 1. The molecule has 1 aliphatic heterocycles. The van der Waals surface area contributed by atoms with Gasteiger partial charge in [0.25, 0.3) is 0 Å². The van der Waals surface area contributed by atoms with Gasteiger partial charge in [0.2, 0.25) is 0 Å². The highest BCUT2D eigenvalue weighted by molar-refractivity contribution is 6.30. The summed E-state index contributed by atoms with van der Waals surface area (Å²) in [4.78, 5) is 10.8. The van der Waals surface area contributed by atoms with E-state index in [1.807, 2.05) is 0 Å². The number of rotatable bonds is 3. The summed E-state index contributed by atoms with van der Waals surface area (Å²) in [5.74, 6) is 0.986. The molecule has 2 atom stereocenters. The van der Waals surface area contributed by atoms with Crippen LogP contribution in [0.2, 0.25) is 5.15 Å². The van der Waals surface area contributed by atoms with E-state index in [4.69, 9.17) is 16.3 Å². The van der Waals surface area contributed by atoms with Crippen molar-refractivity contribution in [3.05, 3.63) is 17.0 Å². The van der Waals surface area contributed by atoms with E-state index in [0.29, 0.717) is 17.3 Å². The van der Waals surface area contributed by atoms with Crippen LogP contribution in [0.5, 0.6) is 0 Å². The SMILES string of the molecule is CCc1c(Cl)ncnc1N1CCC(OC)CC1C. The number of hydrogen-bond acceptors (Lipinski definition) is 4. The Morgan fingerprint density at radius 2 is 2.28 bits per heavy atom. The molecule has 18 heavy (non-hydrogen) atoms. The summed E-state index contributed by atoms with van der Waals surface area (Å²) in [6.07, 6.45) is 4.82. The number of anilines is 1. The Kier molecular flexibility index (Phi) is 4.40.